The number of thiol groups is 1. The topological polar surface area (TPSA) is 25.8 Å². The molecule has 2 nitrogen and oxygen atoms in total. The van der Waals surface area contributed by atoms with Gasteiger partial charge in [-0.3, -0.25) is 0 Å². The van der Waals surface area contributed by atoms with E-state index >= 15 is 0 Å². The fourth-order valence-corrected chi connectivity index (χ4v) is 1.74. The molecule has 1 rings (SSSR count). The summed E-state index contributed by atoms with van der Waals surface area (Å²) < 4.78 is -0.162. The van der Waals surface area contributed by atoms with Gasteiger partial charge in [0.25, 0.3) is 0 Å². The maximum Gasteiger partial charge on any atom is 0.132 e. The van der Waals surface area contributed by atoms with Crippen LogP contribution in [0.2, 0.25) is 0 Å². The minimum atomic E-state index is -0.162. The molecule has 4 heteroatoms. The Morgan fingerprint density at radius 1 is 1.33 bits per heavy atom. The van der Waals surface area contributed by atoms with E-state index in [-0.39, 0.29) is 4.75 Å². The van der Waals surface area contributed by atoms with Gasteiger partial charge in [-0.15, -0.1) is 10.2 Å². The molecular weight excluding hydrogens is 188 g/mol. The largest absolute Gasteiger partial charge is 0.166 e. The first kappa shape index (κ1) is 9.99. The Morgan fingerprint density at radius 2 is 1.92 bits per heavy atom. The number of aromatic nitrogens is 2. The lowest BCUT2D eigenvalue weighted by Gasteiger charge is -2.11. The van der Waals surface area contributed by atoms with Gasteiger partial charge in [-0.05, 0) is 13.8 Å². The molecule has 0 radical (unpaired) electrons. The van der Waals surface area contributed by atoms with E-state index in [1.165, 1.54) is 0 Å². The average molecular weight is 202 g/mol. The molecule has 0 atom stereocenters. The van der Waals surface area contributed by atoms with E-state index in [0.29, 0.717) is 5.92 Å². The van der Waals surface area contributed by atoms with Crippen molar-refractivity contribution in [3.8, 4) is 0 Å². The Hall–Kier alpha value is -0.0900. The SMILES string of the molecule is CC(C)c1nnc(C(C)(C)S)s1. The van der Waals surface area contributed by atoms with Crippen molar-refractivity contribution in [3.05, 3.63) is 10.0 Å². The normalized spacial score (nSPS) is 12.5. The van der Waals surface area contributed by atoms with E-state index in [0.717, 1.165) is 10.0 Å². The molecule has 12 heavy (non-hydrogen) atoms. The smallest absolute Gasteiger partial charge is 0.132 e. The van der Waals surface area contributed by atoms with Crippen LogP contribution in [0.15, 0.2) is 0 Å². The molecule has 1 heterocycles. The van der Waals surface area contributed by atoms with Gasteiger partial charge in [0, 0.05) is 5.92 Å². The molecule has 0 spiro atoms. The maximum absolute atomic E-state index is 4.43. The molecule has 0 amide bonds. The monoisotopic (exact) mass is 202 g/mol. The van der Waals surface area contributed by atoms with Crippen LogP contribution in [-0.4, -0.2) is 10.2 Å². The van der Waals surface area contributed by atoms with Crippen LogP contribution in [0.1, 0.15) is 43.6 Å². The molecule has 1 aromatic heterocycles. The first-order chi connectivity index (χ1) is 5.41. The summed E-state index contributed by atoms with van der Waals surface area (Å²) in [6.07, 6.45) is 0. The van der Waals surface area contributed by atoms with Gasteiger partial charge in [-0.1, -0.05) is 25.2 Å². The lowest BCUT2D eigenvalue weighted by Crippen LogP contribution is -2.06. The maximum atomic E-state index is 4.43. The van der Waals surface area contributed by atoms with Gasteiger partial charge in [-0.2, -0.15) is 12.6 Å². The molecule has 0 unspecified atom stereocenters. The van der Waals surface area contributed by atoms with Gasteiger partial charge in [0.15, 0.2) is 0 Å². The third-order valence-electron chi connectivity index (χ3n) is 1.46. The quantitative estimate of drug-likeness (QED) is 0.746. The third kappa shape index (κ3) is 2.20. The lowest BCUT2D eigenvalue weighted by molar-refractivity contribution is 0.750. The zero-order valence-electron chi connectivity index (χ0n) is 7.83. The predicted octanol–water partition coefficient (Wildman–Crippen LogP) is 2.83. The first-order valence-electron chi connectivity index (χ1n) is 3.97. The molecule has 0 aliphatic heterocycles. The van der Waals surface area contributed by atoms with Crippen LogP contribution in [0.3, 0.4) is 0 Å². The first-order valence-corrected chi connectivity index (χ1v) is 5.24. The van der Waals surface area contributed by atoms with Gasteiger partial charge >= 0.3 is 0 Å². The minimum absolute atomic E-state index is 0.162. The molecule has 0 saturated heterocycles. The Morgan fingerprint density at radius 3 is 2.17 bits per heavy atom. The van der Waals surface area contributed by atoms with Crippen LogP contribution in [0.4, 0.5) is 0 Å². The summed E-state index contributed by atoms with van der Waals surface area (Å²) in [4.78, 5) is 0. The van der Waals surface area contributed by atoms with Crippen molar-refractivity contribution in [2.75, 3.05) is 0 Å². The second kappa shape index (κ2) is 3.34. The van der Waals surface area contributed by atoms with Crippen LogP contribution in [0.5, 0.6) is 0 Å². The highest BCUT2D eigenvalue weighted by atomic mass is 32.1. The van der Waals surface area contributed by atoms with Crippen molar-refractivity contribution in [2.24, 2.45) is 0 Å². The predicted molar refractivity (Wildman–Crippen MR) is 56.0 cm³/mol. The molecule has 0 bridgehead atoms. The van der Waals surface area contributed by atoms with E-state index in [1.807, 2.05) is 13.8 Å². The van der Waals surface area contributed by atoms with Gasteiger partial charge < -0.3 is 0 Å². The molecule has 0 aliphatic carbocycles. The molecule has 68 valence electrons. The molecule has 0 saturated carbocycles. The summed E-state index contributed by atoms with van der Waals surface area (Å²) in [7, 11) is 0. The lowest BCUT2D eigenvalue weighted by atomic mass is 10.2. The fourth-order valence-electron chi connectivity index (χ4n) is 0.715. The standard InChI is InChI=1S/C8H14N2S2/c1-5(2)6-9-10-7(12-6)8(3,4)11/h5,11H,1-4H3. The van der Waals surface area contributed by atoms with Crippen molar-refractivity contribution < 1.29 is 0 Å². The zero-order valence-corrected chi connectivity index (χ0v) is 9.54. The van der Waals surface area contributed by atoms with E-state index in [9.17, 15) is 0 Å². The zero-order chi connectivity index (χ0) is 9.35. The summed E-state index contributed by atoms with van der Waals surface area (Å²) in [5.74, 6) is 0.465. The Bertz CT molecular complexity index is 260. The summed E-state index contributed by atoms with van der Waals surface area (Å²) in [5, 5.41) is 10.3. The number of hydrogen-bond acceptors (Lipinski definition) is 4. The number of rotatable bonds is 2. The van der Waals surface area contributed by atoms with Crippen LogP contribution < -0.4 is 0 Å². The molecule has 0 aliphatic rings. The van der Waals surface area contributed by atoms with Crippen molar-refractivity contribution in [1.29, 1.82) is 0 Å². The highest BCUT2D eigenvalue weighted by Crippen LogP contribution is 2.31. The average Bonchev–Trinajstić information content (AvgIpc) is 2.30. The van der Waals surface area contributed by atoms with E-state index < -0.39 is 0 Å². The van der Waals surface area contributed by atoms with E-state index in [4.69, 9.17) is 0 Å². The Balaban J connectivity index is 2.92. The van der Waals surface area contributed by atoms with Crippen LogP contribution in [0.25, 0.3) is 0 Å². The highest BCUT2D eigenvalue weighted by Gasteiger charge is 2.20. The van der Waals surface area contributed by atoms with Gasteiger partial charge in [-0.25, -0.2) is 0 Å². The van der Waals surface area contributed by atoms with Crippen LogP contribution >= 0.6 is 24.0 Å². The number of hydrogen-bond donors (Lipinski definition) is 1. The fraction of sp³-hybridized carbons (Fsp3) is 0.750. The second-order valence-corrected chi connectivity index (χ2v) is 5.79. The highest BCUT2D eigenvalue weighted by molar-refractivity contribution is 7.81. The summed E-state index contributed by atoms with van der Waals surface area (Å²) >= 11 is 6.08. The van der Waals surface area contributed by atoms with Crippen LogP contribution in [-0.2, 0) is 4.75 Å². The molecule has 1 aromatic rings. The molecule has 0 aromatic carbocycles. The van der Waals surface area contributed by atoms with E-state index in [1.54, 1.807) is 11.3 Å². The van der Waals surface area contributed by atoms with Gasteiger partial charge in [0.2, 0.25) is 0 Å². The Labute approximate surface area is 82.8 Å². The Kier molecular flexibility index (Phi) is 2.78. The van der Waals surface area contributed by atoms with Gasteiger partial charge in [0.05, 0.1) is 4.75 Å². The summed E-state index contributed by atoms with van der Waals surface area (Å²) in [6, 6.07) is 0. The molecular formula is C8H14N2S2. The number of nitrogens with zero attached hydrogens (tertiary/aromatic N) is 2. The summed E-state index contributed by atoms with van der Waals surface area (Å²) in [5.41, 5.74) is 0. The second-order valence-electron chi connectivity index (χ2n) is 3.66. The molecule has 0 N–H and O–H groups in total. The van der Waals surface area contributed by atoms with Crippen molar-refractivity contribution in [2.45, 2.75) is 38.4 Å². The van der Waals surface area contributed by atoms with Gasteiger partial charge in [0.1, 0.15) is 10.0 Å². The third-order valence-corrected chi connectivity index (χ3v) is 3.37. The van der Waals surface area contributed by atoms with Crippen molar-refractivity contribution in [3.63, 3.8) is 0 Å². The van der Waals surface area contributed by atoms with Crippen molar-refractivity contribution in [1.82, 2.24) is 10.2 Å². The van der Waals surface area contributed by atoms with E-state index in [2.05, 4.69) is 36.7 Å². The van der Waals surface area contributed by atoms with Crippen LogP contribution in [0, 0.1) is 0 Å². The minimum Gasteiger partial charge on any atom is -0.166 e. The van der Waals surface area contributed by atoms with Crippen molar-refractivity contribution >= 4 is 24.0 Å². The summed E-state index contributed by atoms with van der Waals surface area (Å²) in [6.45, 7) is 8.30. The molecule has 0 fully saturated rings.